The van der Waals surface area contributed by atoms with Crippen LogP contribution in [0.1, 0.15) is 35.7 Å². The fourth-order valence-electron chi connectivity index (χ4n) is 2.86. The Morgan fingerprint density at radius 1 is 1.13 bits per heavy atom. The van der Waals surface area contributed by atoms with Crippen LogP contribution >= 0.6 is 15.9 Å². The largest absolute Gasteiger partial charge is 0.489 e. The van der Waals surface area contributed by atoms with Gasteiger partial charge in [-0.3, -0.25) is 4.68 Å². The van der Waals surface area contributed by atoms with E-state index in [-0.39, 0.29) is 25.5 Å². The van der Waals surface area contributed by atoms with E-state index in [0.717, 1.165) is 16.3 Å². The smallest absolute Gasteiger partial charge is 0.433 e. The van der Waals surface area contributed by atoms with Crippen molar-refractivity contribution in [3.05, 3.63) is 81.6 Å². The molecule has 0 saturated heterocycles. The molecule has 2 aromatic carbocycles. The third kappa shape index (κ3) is 5.62. The molecule has 0 amide bonds. The molecule has 1 unspecified atom stereocenters. The number of aliphatic hydroxyl groups is 1. The zero-order valence-electron chi connectivity index (χ0n) is 16.1. The van der Waals surface area contributed by atoms with Gasteiger partial charge in [-0.1, -0.05) is 46.3 Å². The van der Waals surface area contributed by atoms with Gasteiger partial charge in [0.25, 0.3) is 0 Å². The summed E-state index contributed by atoms with van der Waals surface area (Å²) in [6.45, 7) is 1.84. The topological polar surface area (TPSA) is 56.5 Å². The molecule has 3 rings (SSSR count). The molecule has 1 heterocycles. The average Bonchev–Trinajstić information content (AvgIpc) is 3.13. The number of aliphatic hydroxyl groups excluding tert-OH is 1. The predicted octanol–water partition coefficient (Wildman–Crippen LogP) is 5.32. The molecule has 9 heteroatoms. The number of aromatic nitrogens is 2. The lowest BCUT2D eigenvalue weighted by Gasteiger charge is -2.15. The summed E-state index contributed by atoms with van der Waals surface area (Å²) in [6.07, 6.45) is -6.18. The Labute approximate surface area is 180 Å². The Morgan fingerprint density at radius 2 is 1.87 bits per heavy atom. The summed E-state index contributed by atoms with van der Waals surface area (Å²) < 4.78 is 52.9. The van der Waals surface area contributed by atoms with Crippen molar-refractivity contribution in [3.8, 4) is 5.75 Å². The van der Waals surface area contributed by atoms with Crippen LogP contribution < -0.4 is 4.74 Å². The molecule has 30 heavy (non-hydrogen) atoms. The number of nitrogens with zero attached hydrogens (tertiary/aromatic N) is 2. The zero-order chi connectivity index (χ0) is 21.7. The zero-order valence-corrected chi connectivity index (χ0v) is 17.7. The number of rotatable bonds is 8. The van der Waals surface area contributed by atoms with Crippen molar-refractivity contribution in [2.45, 2.75) is 32.5 Å². The summed E-state index contributed by atoms with van der Waals surface area (Å²) in [5.41, 5.74) is 0.256. The van der Waals surface area contributed by atoms with E-state index in [1.54, 1.807) is 25.1 Å². The van der Waals surface area contributed by atoms with Crippen molar-refractivity contribution in [1.82, 2.24) is 9.78 Å². The first-order valence-electron chi connectivity index (χ1n) is 9.17. The van der Waals surface area contributed by atoms with Crippen LogP contribution in [0.4, 0.5) is 13.2 Å². The van der Waals surface area contributed by atoms with Crippen LogP contribution in [-0.2, 0) is 24.1 Å². The molecule has 3 aromatic rings. The second kappa shape index (κ2) is 9.63. The van der Waals surface area contributed by atoms with Gasteiger partial charge in [-0.2, -0.15) is 18.3 Å². The van der Waals surface area contributed by atoms with Gasteiger partial charge in [-0.15, -0.1) is 0 Å². The standard InChI is InChI=1S/C21H20BrF3N2O3/c1-2-29-20(28)17-11-19(21(23,24)25)27(26-17)12-15-10-16(22)8-9-18(15)30-13-14-6-4-3-5-7-14/h3-11,20,28H,2,12-13H2,1H3. The van der Waals surface area contributed by atoms with E-state index in [0.29, 0.717) is 15.8 Å². The van der Waals surface area contributed by atoms with Gasteiger partial charge in [-0.05, 0) is 36.8 Å². The molecule has 0 bridgehead atoms. The Morgan fingerprint density at radius 3 is 2.53 bits per heavy atom. The normalized spacial score (nSPS) is 12.7. The Hall–Kier alpha value is -2.36. The van der Waals surface area contributed by atoms with Crippen LogP contribution in [0.3, 0.4) is 0 Å². The maximum atomic E-state index is 13.5. The fourth-order valence-corrected chi connectivity index (χ4v) is 3.27. The lowest BCUT2D eigenvalue weighted by atomic mass is 10.2. The van der Waals surface area contributed by atoms with Crippen molar-refractivity contribution in [2.24, 2.45) is 0 Å². The van der Waals surface area contributed by atoms with Crippen molar-refractivity contribution in [3.63, 3.8) is 0 Å². The van der Waals surface area contributed by atoms with Gasteiger partial charge < -0.3 is 14.6 Å². The van der Waals surface area contributed by atoms with Gasteiger partial charge in [0.1, 0.15) is 23.7 Å². The van der Waals surface area contributed by atoms with E-state index in [1.807, 2.05) is 30.3 Å². The highest BCUT2D eigenvalue weighted by molar-refractivity contribution is 9.10. The molecular formula is C21H20BrF3N2O3. The van der Waals surface area contributed by atoms with Gasteiger partial charge >= 0.3 is 6.18 Å². The van der Waals surface area contributed by atoms with Gasteiger partial charge in [0.05, 0.1) is 6.54 Å². The third-order valence-corrected chi connectivity index (χ3v) is 4.74. The van der Waals surface area contributed by atoms with E-state index >= 15 is 0 Å². The van der Waals surface area contributed by atoms with Crippen molar-refractivity contribution in [1.29, 1.82) is 0 Å². The highest BCUT2D eigenvalue weighted by Gasteiger charge is 2.37. The van der Waals surface area contributed by atoms with Gasteiger partial charge in [0, 0.05) is 16.6 Å². The Bertz CT molecular complexity index is 977. The second-order valence-corrected chi connectivity index (χ2v) is 7.36. The van der Waals surface area contributed by atoms with E-state index in [9.17, 15) is 18.3 Å². The minimum atomic E-state index is -4.64. The molecule has 0 aliphatic rings. The highest BCUT2D eigenvalue weighted by Crippen LogP contribution is 2.33. The molecule has 0 aliphatic carbocycles. The van der Waals surface area contributed by atoms with E-state index in [2.05, 4.69) is 21.0 Å². The minimum absolute atomic E-state index is 0.137. The molecule has 5 nitrogen and oxygen atoms in total. The van der Waals surface area contributed by atoms with Gasteiger partial charge in [-0.25, -0.2) is 0 Å². The second-order valence-electron chi connectivity index (χ2n) is 6.44. The summed E-state index contributed by atoms with van der Waals surface area (Å²) >= 11 is 3.35. The Balaban J connectivity index is 1.90. The average molecular weight is 485 g/mol. The molecule has 1 aromatic heterocycles. The molecule has 0 fully saturated rings. The van der Waals surface area contributed by atoms with Crippen LogP contribution in [0, 0.1) is 0 Å². The number of hydrogen-bond acceptors (Lipinski definition) is 4. The number of hydrogen-bond donors (Lipinski definition) is 1. The SMILES string of the molecule is CCOC(O)c1cc(C(F)(F)F)n(Cc2cc(Br)ccc2OCc2ccccc2)n1. The number of benzene rings is 2. The predicted molar refractivity (Wildman–Crippen MR) is 108 cm³/mol. The maximum Gasteiger partial charge on any atom is 0.433 e. The number of halogens is 4. The van der Waals surface area contributed by atoms with E-state index in [1.165, 1.54) is 0 Å². The van der Waals surface area contributed by atoms with Crippen molar-refractivity contribution < 1.29 is 27.8 Å². The van der Waals surface area contributed by atoms with Gasteiger partial charge in [0.15, 0.2) is 6.29 Å². The highest BCUT2D eigenvalue weighted by atomic mass is 79.9. The molecule has 0 aliphatic heterocycles. The van der Waals surface area contributed by atoms with Crippen LogP contribution in [0.5, 0.6) is 5.75 Å². The van der Waals surface area contributed by atoms with Crippen LogP contribution in [0.25, 0.3) is 0 Å². The summed E-state index contributed by atoms with van der Waals surface area (Å²) in [5, 5.41) is 13.8. The molecule has 0 radical (unpaired) electrons. The number of ether oxygens (including phenoxy) is 2. The third-order valence-electron chi connectivity index (χ3n) is 4.25. The van der Waals surface area contributed by atoms with Crippen molar-refractivity contribution >= 4 is 15.9 Å². The lowest BCUT2D eigenvalue weighted by Crippen LogP contribution is -2.16. The molecule has 1 N–H and O–H groups in total. The van der Waals surface area contributed by atoms with E-state index in [4.69, 9.17) is 9.47 Å². The molecule has 0 spiro atoms. The maximum absolute atomic E-state index is 13.5. The molecule has 1 atom stereocenters. The van der Waals surface area contributed by atoms with E-state index < -0.39 is 18.2 Å². The number of alkyl halides is 3. The van der Waals surface area contributed by atoms with Crippen LogP contribution in [-0.4, -0.2) is 21.5 Å². The van der Waals surface area contributed by atoms with Gasteiger partial charge in [0.2, 0.25) is 0 Å². The summed E-state index contributed by atoms with van der Waals surface area (Å²) in [4.78, 5) is 0. The molecular weight excluding hydrogens is 465 g/mol. The lowest BCUT2D eigenvalue weighted by molar-refractivity contribution is -0.144. The minimum Gasteiger partial charge on any atom is -0.489 e. The van der Waals surface area contributed by atoms with Crippen molar-refractivity contribution in [2.75, 3.05) is 6.61 Å². The first-order chi connectivity index (χ1) is 14.3. The summed E-state index contributed by atoms with van der Waals surface area (Å²) in [7, 11) is 0. The monoisotopic (exact) mass is 484 g/mol. The first kappa shape index (κ1) is 22.3. The summed E-state index contributed by atoms with van der Waals surface area (Å²) in [6, 6.07) is 15.4. The first-order valence-corrected chi connectivity index (χ1v) is 9.97. The van der Waals surface area contributed by atoms with Crippen LogP contribution in [0.2, 0.25) is 0 Å². The van der Waals surface area contributed by atoms with Crippen LogP contribution in [0.15, 0.2) is 59.1 Å². The Kier molecular flexibility index (Phi) is 7.17. The summed E-state index contributed by atoms with van der Waals surface area (Å²) in [5.74, 6) is 0.442. The molecule has 160 valence electrons. The quantitative estimate of drug-likeness (QED) is 0.439. The fraction of sp³-hybridized carbons (Fsp3) is 0.286. The molecule has 0 saturated carbocycles.